The normalized spacial score (nSPS) is 9.42. The van der Waals surface area contributed by atoms with Gasteiger partial charge in [-0.05, 0) is 6.07 Å². The summed E-state index contributed by atoms with van der Waals surface area (Å²) in [5.41, 5.74) is 0. The topological polar surface area (TPSA) is 137 Å². The van der Waals surface area contributed by atoms with Crippen molar-refractivity contribution in [2.45, 2.75) is 0 Å². The summed E-state index contributed by atoms with van der Waals surface area (Å²) in [6.07, 6.45) is -1.21. The lowest BCUT2D eigenvalue weighted by atomic mass is 10.4. The first kappa shape index (κ1) is 18.7. The van der Waals surface area contributed by atoms with Crippen molar-refractivity contribution in [2.24, 2.45) is 0 Å². The van der Waals surface area contributed by atoms with Gasteiger partial charge in [-0.25, -0.2) is 24.2 Å². The number of pyridine rings is 1. The van der Waals surface area contributed by atoms with Crippen LogP contribution in [0.2, 0.25) is 0 Å². The predicted octanol–water partition coefficient (Wildman–Crippen LogP) is 0.458. The summed E-state index contributed by atoms with van der Waals surface area (Å²) < 4.78 is 26.8. The molecule has 0 fully saturated rings. The highest BCUT2D eigenvalue weighted by Crippen LogP contribution is 2.17. The maximum Gasteiger partial charge on any atom is 0.515 e. The Morgan fingerprint density at radius 3 is 2.00 bits per heavy atom. The molecule has 0 saturated carbocycles. The molecule has 1 aromatic rings. The SMILES string of the molecule is COC(=O)COC(=O)Oc1ccnc(OC(=O)OCC(=O)OC)c1. The molecular weight excluding hydrogens is 330 g/mol. The third-order valence-corrected chi connectivity index (χ3v) is 2.17. The maximum atomic E-state index is 11.3. The van der Waals surface area contributed by atoms with Crippen LogP contribution in [-0.4, -0.2) is 56.7 Å². The van der Waals surface area contributed by atoms with Gasteiger partial charge in [0.05, 0.1) is 14.2 Å². The van der Waals surface area contributed by atoms with E-state index in [1.807, 2.05) is 0 Å². The zero-order valence-electron chi connectivity index (χ0n) is 12.7. The summed E-state index contributed by atoms with van der Waals surface area (Å²) in [5.74, 6) is -1.87. The van der Waals surface area contributed by atoms with Crippen molar-refractivity contribution < 1.29 is 47.6 Å². The average molecular weight is 343 g/mol. The van der Waals surface area contributed by atoms with E-state index in [-0.39, 0.29) is 11.6 Å². The van der Waals surface area contributed by atoms with E-state index in [9.17, 15) is 19.2 Å². The van der Waals surface area contributed by atoms with Crippen LogP contribution in [0.3, 0.4) is 0 Å². The minimum atomic E-state index is -1.21. The summed E-state index contributed by atoms with van der Waals surface area (Å²) in [5, 5.41) is 0. The molecule has 1 aromatic heterocycles. The first-order chi connectivity index (χ1) is 11.4. The minimum absolute atomic E-state index is 0.0735. The molecule has 0 radical (unpaired) electrons. The first-order valence-corrected chi connectivity index (χ1v) is 6.23. The van der Waals surface area contributed by atoms with Crippen molar-refractivity contribution in [3.05, 3.63) is 18.3 Å². The van der Waals surface area contributed by atoms with Crippen LogP contribution in [0.5, 0.6) is 11.6 Å². The lowest BCUT2D eigenvalue weighted by Crippen LogP contribution is -2.19. The largest absolute Gasteiger partial charge is 0.515 e. The van der Waals surface area contributed by atoms with Crippen LogP contribution in [0.1, 0.15) is 0 Å². The van der Waals surface area contributed by atoms with Gasteiger partial charge in [-0.2, -0.15) is 0 Å². The van der Waals surface area contributed by atoms with Crippen LogP contribution >= 0.6 is 0 Å². The molecule has 1 rings (SSSR count). The Labute approximate surface area is 135 Å². The Bertz CT molecular complexity index is 565. The molecule has 11 heteroatoms. The molecule has 130 valence electrons. The van der Waals surface area contributed by atoms with E-state index in [2.05, 4.69) is 28.7 Å². The van der Waals surface area contributed by atoms with Crippen LogP contribution in [0.25, 0.3) is 0 Å². The van der Waals surface area contributed by atoms with E-state index >= 15 is 0 Å². The predicted molar refractivity (Wildman–Crippen MR) is 72.2 cm³/mol. The Morgan fingerprint density at radius 2 is 1.46 bits per heavy atom. The summed E-state index contributed by atoms with van der Waals surface area (Å²) in [6, 6.07) is 2.35. The summed E-state index contributed by atoms with van der Waals surface area (Å²) in [7, 11) is 2.25. The summed E-state index contributed by atoms with van der Waals surface area (Å²) >= 11 is 0. The molecular formula is C13H13NO10. The Balaban J connectivity index is 2.51. The fraction of sp³-hybridized carbons (Fsp3) is 0.308. The number of methoxy groups -OCH3 is 2. The molecule has 0 spiro atoms. The van der Waals surface area contributed by atoms with Crippen molar-refractivity contribution in [1.29, 1.82) is 0 Å². The van der Waals surface area contributed by atoms with Gasteiger partial charge in [0.1, 0.15) is 5.75 Å². The standard InChI is InChI=1S/C13H13NO10/c1-19-10(15)6-21-12(17)23-8-3-4-14-9(5-8)24-13(18)22-7-11(16)20-2/h3-5H,6-7H2,1-2H3. The highest BCUT2D eigenvalue weighted by molar-refractivity contribution is 5.75. The molecule has 0 saturated heterocycles. The highest BCUT2D eigenvalue weighted by Gasteiger charge is 2.13. The second-order valence-electron chi connectivity index (χ2n) is 3.76. The number of carbonyl (C=O) groups excluding carboxylic acids is 4. The lowest BCUT2D eigenvalue weighted by Gasteiger charge is -2.07. The first-order valence-electron chi connectivity index (χ1n) is 6.23. The molecule has 0 aliphatic carbocycles. The third kappa shape index (κ3) is 7.06. The van der Waals surface area contributed by atoms with Crippen LogP contribution in [0, 0.1) is 0 Å². The van der Waals surface area contributed by atoms with Gasteiger partial charge in [-0.15, -0.1) is 0 Å². The van der Waals surface area contributed by atoms with Crippen LogP contribution in [0.4, 0.5) is 9.59 Å². The Kier molecular flexibility index (Phi) is 7.48. The molecule has 0 unspecified atom stereocenters. The summed E-state index contributed by atoms with van der Waals surface area (Å²) in [4.78, 5) is 47.9. The minimum Gasteiger partial charge on any atom is -0.466 e. The van der Waals surface area contributed by atoms with E-state index in [0.717, 1.165) is 20.3 Å². The van der Waals surface area contributed by atoms with Gasteiger partial charge in [0, 0.05) is 12.3 Å². The second kappa shape index (κ2) is 9.61. The molecule has 0 aliphatic heterocycles. The van der Waals surface area contributed by atoms with Gasteiger partial charge >= 0.3 is 24.2 Å². The second-order valence-corrected chi connectivity index (χ2v) is 3.76. The van der Waals surface area contributed by atoms with E-state index in [1.54, 1.807) is 0 Å². The molecule has 0 N–H and O–H groups in total. The van der Waals surface area contributed by atoms with Crippen LogP contribution < -0.4 is 9.47 Å². The fourth-order valence-electron chi connectivity index (χ4n) is 1.10. The van der Waals surface area contributed by atoms with Gasteiger partial charge in [-0.1, -0.05) is 0 Å². The number of hydrogen-bond donors (Lipinski definition) is 0. The van der Waals surface area contributed by atoms with Gasteiger partial charge in [-0.3, -0.25) is 0 Å². The van der Waals surface area contributed by atoms with Crippen LogP contribution in [0.15, 0.2) is 18.3 Å². The molecule has 0 aromatic carbocycles. The number of esters is 2. The van der Waals surface area contributed by atoms with E-state index < -0.39 is 37.5 Å². The number of carbonyl (C=O) groups is 4. The molecule has 0 aliphatic rings. The van der Waals surface area contributed by atoms with Gasteiger partial charge in [0.15, 0.2) is 13.2 Å². The molecule has 1 heterocycles. The molecule has 0 bridgehead atoms. The Hall–Kier alpha value is -3.37. The number of rotatable bonds is 6. The third-order valence-electron chi connectivity index (χ3n) is 2.17. The fourth-order valence-corrected chi connectivity index (χ4v) is 1.10. The maximum absolute atomic E-state index is 11.3. The van der Waals surface area contributed by atoms with Crippen LogP contribution in [-0.2, 0) is 28.5 Å². The molecule has 11 nitrogen and oxygen atoms in total. The molecule has 0 amide bonds. The van der Waals surface area contributed by atoms with Crippen molar-refractivity contribution in [3.63, 3.8) is 0 Å². The van der Waals surface area contributed by atoms with Crippen molar-refractivity contribution in [3.8, 4) is 11.6 Å². The lowest BCUT2D eigenvalue weighted by molar-refractivity contribution is -0.145. The average Bonchev–Trinajstić information content (AvgIpc) is 2.57. The molecule has 0 atom stereocenters. The quantitative estimate of drug-likeness (QED) is 0.526. The van der Waals surface area contributed by atoms with E-state index in [4.69, 9.17) is 4.74 Å². The van der Waals surface area contributed by atoms with Crippen molar-refractivity contribution in [1.82, 2.24) is 4.98 Å². The number of aromatic nitrogens is 1. The monoisotopic (exact) mass is 343 g/mol. The van der Waals surface area contributed by atoms with Gasteiger partial charge in [0.2, 0.25) is 5.88 Å². The zero-order valence-corrected chi connectivity index (χ0v) is 12.7. The smallest absolute Gasteiger partial charge is 0.466 e. The van der Waals surface area contributed by atoms with Crippen molar-refractivity contribution >= 4 is 24.2 Å². The van der Waals surface area contributed by atoms with E-state index in [0.29, 0.717) is 0 Å². The highest BCUT2D eigenvalue weighted by atomic mass is 16.7. The number of hydrogen-bond acceptors (Lipinski definition) is 11. The van der Waals surface area contributed by atoms with Gasteiger partial charge in [0.25, 0.3) is 0 Å². The number of ether oxygens (including phenoxy) is 6. The van der Waals surface area contributed by atoms with Crippen molar-refractivity contribution in [2.75, 3.05) is 27.4 Å². The number of nitrogens with zero attached hydrogens (tertiary/aromatic N) is 1. The zero-order chi connectivity index (χ0) is 17.9. The van der Waals surface area contributed by atoms with Gasteiger partial charge < -0.3 is 28.4 Å². The Morgan fingerprint density at radius 1 is 0.917 bits per heavy atom. The van der Waals surface area contributed by atoms with E-state index in [1.165, 1.54) is 12.3 Å². The molecule has 24 heavy (non-hydrogen) atoms. The summed E-state index contributed by atoms with van der Waals surface area (Å²) in [6.45, 7) is -1.25.